The summed E-state index contributed by atoms with van der Waals surface area (Å²) < 4.78 is 77.6. The van der Waals surface area contributed by atoms with E-state index in [1.54, 1.807) is 0 Å². The normalized spacial score (nSPS) is 17.5. The van der Waals surface area contributed by atoms with Crippen LogP contribution in [0.2, 0.25) is 0 Å². The number of imide groups is 1. The number of hydrogen-bond donors (Lipinski definition) is 0. The molecule has 20 heavy (non-hydrogen) atoms. The van der Waals surface area contributed by atoms with Crippen molar-refractivity contribution in [3.05, 3.63) is 0 Å². The largest absolute Gasteiger partial charge is 0.544 e. The monoisotopic (exact) mass is 306 g/mol. The lowest BCUT2D eigenvalue weighted by atomic mass is 10.0. The minimum atomic E-state index is -6.54. The number of amides is 2. The SMILES string of the molecule is O=C1CCCN1C(=O)C(F)(F)C(F)(F)C(F)(F)C(=O)[O-]. The fraction of sp³-hybridized carbons (Fsp3) is 0.667. The first-order valence-electron chi connectivity index (χ1n) is 5.07. The second-order valence-corrected chi connectivity index (χ2v) is 3.96. The maximum absolute atomic E-state index is 13.2. The summed E-state index contributed by atoms with van der Waals surface area (Å²) in [7, 11) is 0. The van der Waals surface area contributed by atoms with Crippen LogP contribution in [0.15, 0.2) is 0 Å². The van der Waals surface area contributed by atoms with Crippen molar-refractivity contribution in [2.75, 3.05) is 6.54 Å². The lowest BCUT2D eigenvalue weighted by Crippen LogP contribution is -2.66. The maximum Gasteiger partial charge on any atom is 0.393 e. The number of hydrogen-bond acceptors (Lipinski definition) is 4. The van der Waals surface area contributed by atoms with Gasteiger partial charge >= 0.3 is 23.7 Å². The molecule has 5 nitrogen and oxygen atoms in total. The Kier molecular flexibility index (Phi) is 3.76. The van der Waals surface area contributed by atoms with Crippen LogP contribution in [0.25, 0.3) is 0 Å². The number of carbonyl (C=O) groups is 3. The van der Waals surface area contributed by atoms with Crippen LogP contribution in [0, 0.1) is 0 Å². The summed E-state index contributed by atoms with van der Waals surface area (Å²) in [5.41, 5.74) is 0. The lowest BCUT2D eigenvalue weighted by Gasteiger charge is -2.33. The van der Waals surface area contributed by atoms with Gasteiger partial charge in [-0.15, -0.1) is 0 Å². The minimum Gasteiger partial charge on any atom is -0.544 e. The van der Waals surface area contributed by atoms with Crippen molar-refractivity contribution >= 4 is 17.8 Å². The van der Waals surface area contributed by atoms with Gasteiger partial charge in [-0.25, -0.2) is 0 Å². The molecule has 1 saturated heterocycles. The summed E-state index contributed by atoms with van der Waals surface area (Å²) >= 11 is 0. The van der Waals surface area contributed by atoms with Gasteiger partial charge in [-0.05, 0) is 6.42 Å². The highest BCUT2D eigenvalue weighted by molar-refractivity contribution is 6.00. The Morgan fingerprint density at radius 3 is 1.90 bits per heavy atom. The molecule has 1 aliphatic rings. The van der Waals surface area contributed by atoms with E-state index in [2.05, 4.69) is 0 Å². The Labute approximate surface area is 107 Å². The lowest BCUT2D eigenvalue weighted by molar-refractivity contribution is -0.365. The van der Waals surface area contributed by atoms with Gasteiger partial charge in [0.25, 0.3) is 0 Å². The Morgan fingerprint density at radius 1 is 1.05 bits per heavy atom. The van der Waals surface area contributed by atoms with E-state index in [-0.39, 0.29) is 17.7 Å². The Hall–Kier alpha value is -1.81. The van der Waals surface area contributed by atoms with Gasteiger partial charge < -0.3 is 9.90 Å². The molecule has 0 unspecified atom stereocenters. The number of carboxylic acid groups (broad SMARTS) is 1. The molecule has 0 spiro atoms. The second-order valence-electron chi connectivity index (χ2n) is 3.96. The van der Waals surface area contributed by atoms with Gasteiger partial charge in [-0.3, -0.25) is 14.5 Å². The highest BCUT2D eigenvalue weighted by Gasteiger charge is 2.76. The first-order valence-corrected chi connectivity index (χ1v) is 5.07. The van der Waals surface area contributed by atoms with Crippen molar-refractivity contribution < 1.29 is 45.8 Å². The highest BCUT2D eigenvalue weighted by Crippen LogP contribution is 2.46. The molecular weight excluding hydrogens is 300 g/mol. The molecule has 0 aromatic heterocycles. The number of halogens is 6. The zero-order valence-electron chi connectivity index (χ0n) is 9.47. The number of alkyl halides is 6. The molecule has 114 valence electrons. The number of nitrogens with zero attached hydrogens (tertiary/aromatic N) is 1. The molecule has 0 radical (unpaired) electrons. The van der Waals surface area contributed by atoms with E-state index in [4.69, 9.17) is 0 Å². The topological polar surface area (TPSA) is 77.5 Å². The van der Waals surface area contributed by atoms with Crippen LogP contribution in [0.4, 0.5) is 26.3 Å². The fourth-order valence-corrected chi connectivity index (χ4v) is 1.49. The standard InChI is InChI=1S/C9H7F6NO4/c10-7(11,5(18)16-3-1-2-4(16)17)9(14,15)8(12,13)6(19)20/h1-3H2,(H,19,20)/p-1. The van der Waals surface area contributed by atoms with E-state index in [9.17, 15) is 45.8 Å². The molecule has 1 aliphatic heterocycles. The molecule has 1 rings (SSSR count). The van der Waals surface area contributed by atoms with Gasteiger partial charge in [0.05, 0.1) is 0 Å². The molecule has 1 fully saturated rings. The average Bonchev–Trinajstić information content (AvgIpc) is 2.73. The predicted octanol–water partition coefficient (Wildman–Crippen LogP) is -0.209. The first-order chi connectivity index (χ1) is 8.87. The van der Waals surface area contributed by atoms with Crippen molar-refractivity contribution in [2.45, 2.75) is 30.6 Å². The summed E-state index contributed by atoms with van der Waals surface area (Å²) in [6, 6.07) is 0. The summed E-state index contributed by atoms with van der Waals surface area (Å²) in [4.78, 5) is 31.7. The Morgan fingerprint density at radius 2 is 1.55 bits per heavy atom. The predicted molar refractivity (Wildman–Crippen MR) is 45.8 cm³/mol. The summed E-state index contributed by atoms with van der Waals surface area (Å²) in [5, 5.41) is 9.86. The van der Waals surface area contributed by atoms with Crippen LogP contribution in [-0.4, -0.2) is 47.0 Å². The first kappa shape index (κ1) is 16.2. The maximum atomic E-state index is 13.2. The van der Waals surface area contributed by atoms with E-state index in [0.717, 1.165) is 0 Å². The summed E-state index contributed by atoms with van der Waals surface area (Å²) in [5.74, 6) is -26.8. The second kappa shape index (κ2) is 4.63. The summed E-state index contributed by atoms with van der Waals surface area (Å²) in [6.07, 6.45) is -0.479. The van der Waals surface area contributed by atoms with Crippen LogP contribution in [-0.2, 0) is 14.4 Å². The van der Waals surface area contributed by atoms with Crippen molar-refractivity contribution in [3.63, 3.8) is 0 Å². The van der Waals surface area contributed by atoms with Crippen molar-refractivity contribution in [1.29, 1.82) is 0 Å². The highest BCUT2D eigenvalue weighted by atomic mass is 19.3. The van der Waals surface area contributed by atoms with Crippen molar-refractivity contribution in [1.82, 2.24) is 4.90 Å². The molecule has 1 heterocycles. The van der Waals surface area contributed by atoms with Crippen LogP contribution in [0.1, 0.15) is 12.8 Å². The quantitative estimate of drug-likeness (QED) is 0.674. The van der Waals surface area contributed by atoms with Crippen LogP contribution >= 0.6 is 0 Å². The van der Waals surface area contributed by atoms with E-state index >= 15 is 0 Å². The van der Waals surface area contributed by atoms with E-state index < -0.39 is 42.1 Å². The van der Waals surface area contributed by atoms with E-state index in [0.29, 0.717) is 0 Å². The van der Waals surface area contributed by atoms with E-state index in [1.165, 1.54) is 0 Å². The van der Waals surface area contributed by atoms with Crippen LogP contribution in [0.5, 0.6) is 0 Å². The zero-order chi connectivity index (χ0) is 15.9. The zero-order valence-corrected chi connectivity index (χ0v) is 9.47. The average molecular weight is 306 g/mol. The molecule has 0 N–H and O–H groups in total. The molecule has 0 aliphatic carbocycles. The minimum absolute atomic E-state index is 0.0941. The molecule has 0 aromatic rings. The molecule has 0 aromatic carbocycles. The molecule has 2 amide bonds. The van der Waals surface area contributed by atoms with Crippen molar-refractivity contribution in [2.24, 2.45) is 0 Å². The van der Waals surface area contributed by atoms with Crippen molar-refractivity contribution in [3.8, 4) is 0 Å². The van der Waals surface area contributed by atoms with Gasteiger partial charge in [0.15, 0.2) is 0 Å². The summed E-state index contributed by atoms with van der Waals surface area (Å²) in [6.45, 7) is -0.639. The Balaban J connectivity index is 3.17. The molecule has 11 heteroatoms. The van der Waals surface area contributed by atoms with Gasteiger partial charge in [-0.1, -0.05) is 0 Å². The van der Waals surface area contributed by atoms with Gasteiger partial charge in [0.1, 0.15) is 5.97 Å². The molecular formula is C9H6F6NO4-. The van der Waals surface area contributed by atoms with Gasteiger partial charge in [-0.2, -0.15) is 26.3 Å². The van der Waals surface area contributed by atoms with Gasteiger partial charge in [0, 0.05) is 13.0 Å². The fourth-order valence-electron chi connectivity index (χ4n) is 1.49. The number of carbonyl (C=O) groups excluding carboxylic acids is 3. The van der Waals surface area contributed by atoms with Crippen LogP contribution < -0.4 is 5.11 Å². The smallest absolute Gasteiger partial charge is 0.393 e. The number of carboxylic acids is 1. The third-order valence-electron chi connectivity index (χ3n) is 2.63. The van der Waals surface area contributed by atoms with Gasteiger partial charge in [0.2, 0.25) is 5.91 Å². The Bertz CT molecular complexity index is 463. The molecule has 0 saturated carbocycles. The molecule has 0 bridgehead atoms. The van der Waals surface area contributed by atoms with E-state index in [1.807, 2.05) is 0 Å². The number of likely N-dealkylation sites (tertiary alicyclic amines) is 1. The third kappa shape index (κ3) is 2.10. The molecule has 0 atom stereocenters. The van der Waals surface area contributed by atoms with Crippen LogP contribution in [0.3, 0.4) is 0 Å². The third-order valence-corrected chi connectivity index (χ3v) is 2.63. The number of rotatable bonds is 4. The number of aliphatic carboxylic acids is 1.